The second-order valence-corrected chi connectivity index (χ2v) is 10.1. The molecule has 4 rings (SSSR count). The first-order valence-electron chi connectivity index (χ1n) is 13.9. The number of carbonyl (C=O) groups is 1. The van der Waals surface area contributed by atoms with Gasteiger partial charge in [-0.15, -0.1) is 0 Å². The van der Waals surface area contributed by atoms with Crippen molar-refractivity contribution in [2.24, 2.45) is 5.92 Å². The number of ether oxygens (including phenoxy) is 3. The number of piperidine rings is 1. The van der Waals surface area contributed by atoms with Crippen molar-refractivity contribution in [1.82, 2.24) is 4.90 Å². The third-order valence-corrected chi connectivity index (χ3v) is 7.47. The van der Waals surface area contributed by atoms with Gasteiger partial charge in [0, 0.05) is 18.5 Å². The predicted molar refractivity (Wildman–Crippen MR) is 150 cm³/mol. The summed E-state index contributed by atoms with van der Waals surface area (Å²) in [6.07, 6.45) is 2.14. The number of esters is 1. The maximum absolute atomic E-state index is 12.4. The van der Waals surface area contributed by atoms with E-state index in [0.29, 0.717) is 32.8 Å². The van der Waals surface area contributed by atoms with Crippen molar-refractivity contribution in [3.63, 3.8) is 0 Å². The lowest BCUT2D eigenvalue weighted by Gasteiger charge is -2.46. The molecule has 1 fully saturated rings. The summed E-state index contributed by atoms with van der Waals surface area (Å²) in [6, 6.07) is 31.5. The number of likely N-dealkylation sites (tertiary alicyclic amines) is 1. The minimum Gasteiger partial charge on any atom is -0.466 e. The van der Waals surface area contributed by atoms with Crippen LogP contribution in [0, 0.1) is 5.92 Å². The van der Waals surface area contributed by atoms with Gasteiger partial charge in [-0.2, -0.15) is 0 Å². The van der Waals surface area contributed by atoms with E-state index in [4.69, 9.17) is 14.2 Å². The van der Waals surface area contributed by atoms with E-state index in [0.717, 1.165) is 30.5 Å². The van der Waals surface area contributed by atoms with E-state index >= 15 is 0 Å². The lowest BCUT2D eigenvalue weighted by molar-refractivity contribution is -0.145. The Balaban J connectivity index is 1.54. The molecular formula is C33H41NO4. The predicted octanol–water partition coefficient (Wildman–Crippen LogP) is 6.58. The van der Waals surface area contributed by atoms with Gasteiger partial charge in [-0.3, -0.25) is 9.69 Å². The monoisotopic (exact) mass is 515 g/mol. The van der Waals surface area contributed by atoms with Crippen molar-refractivity contribution < 1.29 is 19.0 Å². The standard InChI is InChI=1S/C33H41NO4/c1-3-37-33(35)22-29-19-20-34(26(2)30-17-11-6-12-18-30)31(21-29)32(38-24-28-15-9-5-10-16-28)25-36-23-27-13-7-4-8-14-27/h4-18,26,29,31-32H,3,19-25H2,1-2H3/t26-,29+,31+,32+/m0/s1. The molecule has 0 aromatic heterocycles. The summed E-state index contributed by atoms with van der Waals surface area (Å²) in [7, 11) is 0. The molecule has 0 radical (unpaired) electrons. The molecule has 1 heterocycles. The van der Waals surface area contributed by atoms with Crippen LogP contribution >= 0.6 is 0 Å². The molecular weight excluding hydrogens is 474 g/mol. The number of benzene rings is 3. The summed E-state index contributed by atoms with van der Waals surface area (Å²) in [5.74, 6) is 0.151. The van der Waals surface area contributed by atoms with Gasteiger partial charge in [0.1, 0.15) is 0 Å². The molecule has 0 N–H and O–H groups in total. The number of nitrogens with zero attached hydrogens (tertiary/aromatic N) is 1. The van der Waals surface area contributed by atoms with E-state index in [9.17, 15) is 4.79 Å². The molecule has 0 spiro atoms. The third-order valence-electron chi connectivity index (χ3n) is 7.47. The third kappa shape index (κ3) is 8.26. The topological polar surface area (TPSA) is 48.0 Å². The second-order valence-electron chi connectivity index (χ2n) is 10.1. The minimum atomic E-state index is -0.143. The van der Waals surface area contributed by atoms with Crippen molar-refractivity contribution in [2.45, 2.75) is 64.5 Å². The van der Waals surface area contributed by atoms with E-state index < -0.39 is 0 Å². The number of rotatable bonds is 13. The minimum absolute atomic E-state index is 0.108. The molecule has 0 aliphatic carbocycles. The highest BCUT2D eigenvalue weighted by Gasteiger charge is 2.38. The fraction of sp³-hybridized carbons (Fsp3) is 0.424. The Morgan fingerprint density at radius 2 is 1.50 bits per heavy atom. The van der Waals surface area contributed by atoms with Gasteiger partial charge >= 0.3 is 5.97 Å². The van der Waals surface area contributed by atoms with Crippen LogP contribution in [-0.2, 0) is 32.2 Å². The average molecular weight is 516 g/mol. The largest absolute Gasteiger partial charge is 0.466 e. The van der Waals surface area contributed by atoms with E-state index in [1.807, 2.05) is 43.3 Å². The van der Waals surface area contributed by atoms with Crippen LogP contribution in [0.2, 0.25) is 0 Å². The zero-order valence-corrected chi connectivity index (χ0v) is 22.7. The Labute approximate surface area is 227 Å². The van der Waals surface area contributed by atoms with Crippen molar-refractivity contribution in [3.8, 4) is 0 Å². The molecule has 202 valence electrons. The zero-order valence-electron chi connectivity index (χ0n) is 22.7. The molecule has 0 amide bonds. The van der Waals surface area contributed by atoms with E-state index in [-0.39, 0.29) is 30.1 Å². The van der Waals surface area contributed by atoms with Gasteiger partial charge in [-0.25, -0.2) is 0 Å². The quantitative estimate of drug-likeness (QED) is 0.241. The van der Waals surface area contributed by atoms with Crippen LogP contribution in [0.1, 0.15) is 55.8 Å². The fourth-order valence-corrected chi connectivity index (χ4v) is 5.42. The molecule has 1 saturated heterocycles. The van der Waals surface area contributed by atoms with Crippen molar-refractivity contribution >= 4 is 5.97 Å². The highest BCUT2D eigenvalue weighted by Crippen LogP contribution is 2.35. The smallest absolute Gasteiger partial charge is 0.306 e. The molecule has 38 heavy (non-hydrogen) atoms. The maximum atomic E-state index is 12.4. The lowest BCUT2D eigenvalue weighted by atomic mass is 9.84. The van der Waals surface area contributed by atoms with Gasteiger partial charge in [0.15, 0.2) is 0 Å². The van der Waals surface area contributed by atoms with E-state index in [1.54, 1.807) is 0 Å². The van der Waals surface area contributed by atoms with Crippen LogP contribution < -0.4 is 0 Å². The Bertz CT molecular complexity index is 1080. The molecule has 0 bridgehead atoms. The van der Waals surface area contributed by atoms with Crippen molar-refractivity contribution in [1.29, 1.82) is 0 Å². The summed E-state index contributed by atoms with van der Waals surface area (Å²) in [4.78, 5) is 14.9. The van der Waals surface area contributed by atoms with Crippen LogP contribution in [0.5, 0.6) is 0 Å². The van der Waals surface area contributed by atoms with Gasteiger partial charge < -0.3 is 14.2 Å². The van der Waals surface area contributed by atoms with Crippen LogP contribution in [-0.4, -0.2) is 42.8 Å². The summed E-state index contributed by atoms with van der Waals surface area (Å²) in [6.45, 7) is 7.00. The molecule has 4 atom stereocenters. The van der Waals surface area contributed by atoms with Crippen molar-refractivity contribution in [2.75, 3.05) is 19.8 Å². The van der Waals surface area contributed by atoms with Gasteiger partial charge in [0.05, 0.1) is 32.5 Å². The zero-order chi connectivity index (χ0) is 26.6. The number of carbonyl (C=O) groups excluding carboxylic acids is 1. The summed E-state index contributed by atoms with van der Waals surface area (Å²) in [5, 5.41) is 0. The van der Waals surface area contributed by atoms with Crippen molar-refractivity contribution in [3.05, 3.63) is 108 Å². The lowest BCUT2D eigenvalue weighted by Crippen LogP contribution is -2.52. The summed E-state index contributed by atoms with van der Waals surface area (Å²) in [5.41, 5.74) is 3.57. The summed E-state index contributed by atoms with van der Waals surface area (Å²) >= 11 is 0. The van der Waals surface area contributed by atoms with Crippen LogP contribution in [0.25, 0.3) is 0 Å². The molecule has 5 heteroatoms. The fourth-order valence-electron chi connectivity index (χ4n) is 5.42. The SMILES string of the molecule is CCOC(=O)C[C@@H]1CCN([C@@H](C)c2ccccc2)[C@@H]([C@@H](COCc2ccccc2)OCc2ccccc2)C1. The molecule has 1 aliphatic rings. The van der Waals surface area contributed by atoms with Crippen LogP contribution in [0.4, 0.5) is 0 Å². The normalized spacial score (nSPS) is 19.5. The average Bonchev–Trinajstić information content (AvgIpc) is 2.96. The molecule has 3 aromatic rings. The first-order valence-corrected chi connectivity index (χ1v) is 13.9. The highest BCUT2D eigenvalue weighted by atomic mass is 16.5. The Kier molecular flexibility index (Phi) is 10.9. The summed E-state index contributed by atoms with van der Waals surface area (Å²) < 4.78 is 18.2. The Hall–Kier alpha value is -2.99. The molecule has 0 unspecified atom stereocenters. The number of hydrogen-bond donors (Lipinski definition) is 0. The van der Waals surface area contributed by atoms with Gasteiger partial charge in [0.2, 0.25) is 0 Å². The van der Waals surface area contributed by atoms with E-state index in [2.05, 4.69) is 66.4 Å². The maximum Gasteiger partial charge on any atom is 0.306 e. The first kappa shape index (κ1) is 28.0. The first-order chi connectivity index (χ1) is 18.6. The number of hydrogen-bond acceptors (Lipinski definition) is 5. The highest BCUT2D eigenvalue weighted by molar-refractivity contribution is 5.69. The van der Waals surface area contributed by atoms with Crippen LogP contribution in [0.3, 0.4) is 0 Å². The van der Waals surface area contributed by atoms with E-state index in [1.165, 1.54) is 5.56 Å². The Morgan fingerprint density at radius 1 is 0.895 bits per heavy atom. The molecule has 5 nitrogen and oxygen atoms in total. The van der Waals surface area contributed by atoms with Gasteiger partial charge in [-0.1, -0.05) is 91.0 Å². The second kappa shape index (κ2) is 14.8. The molecule has 1 aliphatic heterocycles. The van der Waals surface area contributed by atoms with Gasteiger partial charge in [-0.05, 0) is 55.8 Å². The van der Waals surface area contributed by atoms with Gasteiger partial charge in [0.25, 0.3) is 0 Å². The molecule has 0 saturated carbocycles. The Morgan fingerprint density at radius 3 is 2.13 bits per heavy atom. The molecule has 3 aromatic carbocycles. The van der Waals surface area contributed by atoms with Crippen LogP contribution in [0.15, 0.2) is 91.0 Å².